The third kappa shape index (κ3) is 3.56. The third-order valence-corrected chi connectivity index (χ3v) is 5.12. The van der Waals surface area contributed by atoms with Crippen LogP contribution in [0, 0.1) is 0 Å². The first-order valence-corrected chi connectivity index (χ1v) is 9.71. The first-order valence-electron chi connectivity index (χ1n) is 9.71. The van der Waals surface area contributed by atoms with Gasteiger partial charge in [-0.2, -0.15) is 13.2 Å². The van der Waals surface area contributed by atoms with Gasteiger partial charge in [0.25, 0.3) is 0 Å². The van der Waals surface area contributed by atoms with Crippen molar-refractivity contribution in [2.24, 2.45) is 0 Å². The molecule has 0 aliphatic heterocycles. The summed E-state index contributed by atoms with van der Waals surface area (Å²) in [6.07, 6.45) is -1.51. The Hall–Kier alpha value is -4.20. The molecule has 0 atom stereocenters. The lowest BCUT2D eigenvalue weighted by Crippen LogP contribution is -2.13. The van der Waals surface area contributed by atoms with E-state index in [1.165, 1.54) is 30.5 Å². The molecule has 5 nitrogen and oxygen atoms in total. The highest BCUT2D eigenvalue weighted by Crippen LogP contribution is 2.33. The van der Waals surface area contributed by atoms with E-state index >= 15 is 0 Å². The second-order valence-corrected chi connectivity index (χ2v) is 7.21. The quantitative estimate of drug-likeness (QED) is 0.349. The number of nitrogens with zero attached hydrogens (tertiary/aromatic N) is 2. The summed E-state index contributed by atoms with van der Waals surface area (Å²) in [5.41, 5.74) is 2.48. The van der Waals surface area contributed by atoms with Gasteiger partial charge in [-0.25, -0.2) is 4.98 Å². The molecule has 0 spiro atoms. The molecule has 0 bridgehead atoms. The van der Waals surface area contributed by atoms with Crippen LogP contribution in [0.3, 0.4) is 0 Å². The number of pyridine rings is 1. The van der Waals surface area contributed by atoms with Crippen molar-refractivity contribution < 1.29 is 18.0 Å². The van der Waals surface area contributed by atoms with E-state index in [9.17, 15) is 18.0 Å². The number of ketones is 1. The standard InChI is InChI=1S/C24H15F3N4O/c25-24(26,27)17-6-2-1-5-16(17)22(32)15-12-21(29-13-15)23-30-19-9-8-14(11-20(19)31-23)18-7-3-4-10-28-18/h1-13,29H,(H,30,31). The number of aromatic amines is 2. The minimum atomic E-state index is -4.62. The second kappa shape index (κ2) is 7.49. The molecule has 2 N–H and O–H groups in total. The normalized spacial score (nSPS) is 11.7. The van der Waals surface area contributed by atoms with Gasteiger partial charge >= 0.3 is 6.18 Å². The zero-order valence-electron chi connectivity index (χ0n) is 16.4. The molecule has 3 aromatic heterocycles. The Morgan fingerprint density at radius 3 is 2.53 bits per heavy atom. The van der Waals surface area contributed by atoms with E-state index in [1.54, 1.807) is 6.20 Å². The van der Waals surface area contributed by atoms with E-state index in [0.29, 0.717) is 17.0 Å². The number of H-pyrrole nitrogens is 2. The Bertz CT molecular complexity index is 1430. The molecule has 3 heterocycles. The van der Waals surface area contributed by atoms with Gasteiger partial charge in [0.1, 0.15) is 0 Å². The van der Waals surface area contributed by atoms with Crippen molar-refractivity contribution in [3.05, 3.63) is 95.8 Å². The number of carbonyl (C=O) groups excluding carboxylic acids is 1. The van der Waals surface area contributed by atoms with Gasteiger partial charge in [0.15, 0.2) is 11.6 Å². The Labute approximate surface area is 180 Å². The lowest BCUT2D eigenvalue weighted by molar-refractivity contribution is -0.137. The fourth-order valence-corrected chi connectivity index (χ4v) is 3.58. The molecule has 32 heavy (non-hydrogen) atoms. The van der Waals surface area contributed by atoms with Crippen molar-refractivity contribution in [3.63, 3.8) is 0 Å². The molecular weight excluding hydrogens is 417 g/mol. The molecule has 5 aromatic rings. The van der Waals surface area contributed by atoms with Gasteiger partial charge in [-0.3, -0.25) is 9.78 Å². The number of hydrogen-bond acceptors (Lipinski definition) is 3. The molecule has 0 saturated carbocycles. The lowest BCUT2D eigenvalue weighted by Gasteiger charge is -2.10. The van der Waals surface area contributed by atoms with E-state index in [2.05, 4.69) is 19.9 Å². The van der Waals surface area contributed by atoms with Crippen LogP contribution in [0.1, 0.15) is 21.5 Å². The summed E-state index contributed by atoms with van der Waals surface area (Å²) >= 11 is 0. The van der Waals surface area contributed by atoms with Gasteiger partial charge in [-0.05, 0) is 36.4 Å². The van der Waals surface area contributed by atoms with Crippen molar-refractivity contribution in [2.75, 3.05) is 0 Å². The number of carbonyl (C=O) groups is 1. The highest BCUT2D eigenvalue weighted by Gasteiger charge is 2.35. The van der Waals surface area contributed by atoms with Crippen LogP contribution in [0.15, 0.2) is 79.1 Å². The van der Waals surface area contributed by atoms with Gasteiger partial charge in [0, 0.05) is 29.1 Å². The molecule has 8 heteroatoms. The van der Waals surface area contributed by atoms with Gasteiger partial charge in [0.2, 0.25) is 0 Å². The topological polar surface area (TPSA) is 74.4 Å². The summed E-state index contributed by atoms with van der Waals surface area (Å²) < 4.78 is 39.9. The Morgan fingerprint density at radius 2 is 1.75 bits per heavy atom. The number of hydrogen-bond donors (Lipinski definition) is 2. The molecule has 0 aliphatic carbocycles. The monoisotopic (exact) mass is 432 g/mol. The highest BCUT2D eigenvalue weighted by atomic mass is 19.4. The zero-order chi connectivity index (χ0) is 22.3. The molecular formula is C24H15F3N4O. The van der Waals surface area contributed by atoms with Gasteiger partial charge in [-0.15, -0.1) is 0 Å². The molecule has 5 rings (SSSR count). The average molecular weight is 432 g/mol. The first kappa shape index (κ1) is 19.7. The Balaban J connectivity index is 1.48. The van der Waals surface area contributed by atoms with Crippen LogP contribution in [0.2, 0.25) is 0 Å². The summed E-state index contributed by atoms with van der Waals surface area (Å²) in [6.45, 7) is 0. The van der Waals surface area contributed by atoms with Crippen LogP contribution in [0.25, 0.3) is 33.8 Å². The van der Waals surface area contributed by atoms with Crippen molar-refractivity contribution in [1.82, 2.24) is 19.9 Å². The minimum Gasteiger partial charge on any atom is -0.358 e. The van der Waals surface area contributed by atoms with E-state index in [4.69, 9.17) is 0 Å². The summed E-state index contributed by atoms with van der Waals surface area (Å²) in [5, 5.41) is 0. The first-order chi connectivity index (χ1) is 15.4. The van der Waals surface area contributed by atoms with Crippen LogP contribution >= 0.6 is 0 Å². The molecule has 158 valence electrons. The van der Waals surface area contributed by atoms with E-state index in [-0.39, 0.29) is 5.56 Å². The average Bonchev–Trinajstić information content (AvgIpc) is 3.45. The Morgan fingerprint density at radius 1 is 0.938 bits per heavy atom. The molecule has 2 aromatic carbocycles. The van der Waals surface area contributed by atoms with E-state index in [1.807, 2.05) is 36.4 Å². The summed E-state index contributed by atoms with van der Waals surface area (Å²) in [7, 11) is 0. The fraction of sp³-hybridized carbons (Fsp3) is 0.0417. The van der Waals surface area contributed by atoms with Crippen molar-refractivity contribution in [3.8, 4) is 22.8 Å². The SMILES string of the molecule is O=C(c1c[nH]c(-c2nc3ccc(-c4ccccn4)cc3[nH]2)c1)c1ccccc1C(F)(F)F. The number of benzene rings is 2. The van der Waals surface area contributed by atoms with Crippen molar-refractivity contribution in [2.45, 2.75) is 6.18 Å². The van der Waals surface area contributed by atoms with E-state index < -0.39 is 23.1 Å². The number of alkyl halides is 3. The number of rotatable bonds is 4. The highest BCUT2D eigenvalue weighted by molar-refractivity contribution is 6.10. The lowest BCUT2D eigenvalue weighted by atomic mass is 9.99. The van der Waals surface area contributed by atoms with Crippen LogP contribution in [0.4, 0.5) is 13.2 Å². The minimum absolute atomic E-state index is 0.117. The van der Waals surface area contributed by atoms with Gasteiger partial charge < -0.3 is 9.97 Å². The van der Waals surface area contributed by atoms with Gasteiger partial charge in [-0.1, -0.05) is 30.3 Å². The molecule has 0 saturated heterocycles. The van der Waals surface area contributed by atoms with Crippen molar-refractivity contribution in [1.29, 1.82) is 0 Å². The van der Waals surface area contributed by atoms with Crippen LogP contribution < -0.4 is 0 Å². The predicted molar refractivity (Wildman–Crippen MR) is 114 cm³/mol. The molecule has 0 aliphatic rings. The smallest absolute Gasteiger partial charge is 0.358 e. The second-order valence-electron chi connectivity index (χ2n) is 7.21. The van der Waals surface area contributed by atoms with E-state index in [0.717, 1.165) is 22.8 Å². The van der Waals surface area contributed by atoms with Crippen molar-refractivity contribution >= 4 is 16.8 Å². The van der Waals surface area contributed by atoms with Crippen LogP contribution in [-0.4, -0.2) is 25.7 Å². The number of fused-ring (bicyclic) bond motifs is 1. The van der Waals surface area contributed by atoms with Crippen LogP contribution in [0.5, 0.6) is 0 Å². The molecule has 0 amide bonds. The summed E-state index contributed by atoms with van der Waals surface area (Å²) in [5.74, 6) is -0.240. The fourth-order valence-electron chi connectivity index (χ4n) is 3.58. The third-order valence-electron chi connectivity index (χ3n) is 5.12. The summed E-state index contributed by atoms with van der Waals surface area (Å²) in [4.78, 5) is 27.8. The molecule has 0 radical (unpaired) electrons. The number of nitrogens with one attached hydrogen (secondary N) is 2. The number of imidazole rings is 1. The predicted octanol–water partition coefficient (Wildman–Crippen LogP) is 5.87. The largest absolute Gasteiger partial charge is 0.417 e. The number of halogens is 3. The van der Waals surface area contributed by atoms with Gasteiger partial charge in [0.05, 0.1) is 28.0 Å². The maximum absolute atomic E-state index is 13.3. The Kier molecular flexibility index (Phi) is 4.62. The molecule has 0 unspecified atom stereocenters. The van der Waals surface area contributed by atoms with Crippen LogP contribution in [-0.2, 0) is 6.18 Å². The maximum atomic E-state index is 13.3. The number of aromatic nitrogens is 4. The maximum Gasteiger partial charge on any atom is 0.417 e. The molecule has 0 fully saturated rings. The summed E-state index contributed by atoms with van der Waals surface area (Å²) in [6, 6.07) is 17.6. The zero-order valence-corrected chi connectivity index (χ0v) is 16.4.